The number of rotatable bonds is 5. The normalized spacial score (nSPS) is 13.8. The Morgan fingerprint density at radius 2 is 2.00 bits per heavy atom. The van der Waals surface area contributed by atoms with Crippen LogP contribution in [0.5, 0.6) is 0 Å². The minimum Gasteiger partial charge on any atom is -0.374 e. The number of nitrogens with zero attached hydrogens (tertiary/aromatic N) is 1. The fourth-order valence-corrected chi connectivity index (χ4v) is 3.14. The highest BCUT2D eigenvalue weighted by Crippen LogP contribution is 2.29. The van der Waals surface area contributed by atoms with Gasteiger partial charge in [0.2, 0.25) is 11.8 Å². The summed E-state index contributed by atoms with van der Waals surface area (Å²) in [5.41, 5.74) is 3.20. The van der Waals surface area contributed by atoms with Crippen LogP contribution in [-0.2, 0) is 9.59 Å². The summed E-state index contributed by atoms with van der Waals surface area (Å²) >= 11 is 6.14. The monoisotopic (exact) mass is 357 g/mol. The number of para-hydroxylation sites is 2. The number of halogens is 1. The minimum absolute atomic E-state index is 0.0866. The standard InChI is InChI=1S/C19H20ClN3O2/c1-13-8-9-15(14(20)11-13)22-18(24)12-21-16-5-2-3-6-17(16)23-10-4-7-19(23)25/h2-3,5-6,8-9,11,21H,4,7,10,12H2,1H3,(H,22,24). The van der Waals surface area contributed by atoms with Crippen molar-refractivity contribution in [3.8, 4) is 0 Å². The lowest BCUT2D eigenvalue weighted by atomic mass is 10.2. The van der Waals surface area contributed by atoms with Crippen LogP contribution in [0.3, 0.4) is 0 Å². The van der Waals surface area contributed by atoms with Gasteiger partial charge in [-0.15, -0.1) is 0 Å². The average Bonchev–Trinajstić information content (AvgIpc) is 3.02. The molecular weight excluding hydrogens is 338 g/mol. The summed E-state index contributed by atoms with van der Waals surface area (Å²) in [6.07, 6.45) is 1.43. The molecule has 0 atom stereocenters. The lowest BCUT2D eigenvalue weighted by molar-refractivity contribution is -0.117. The van der Waals surface area contributed by atoms with Crippen LogP contribution in [-0.4, -0.2) is 24.9 Å². The zero-order valence-electron chi connectivity index (χ0n) is 14.0. The summed E-state index contributed by atoms with van der Waals surface area (Å²) < 4.78 is 0. The average molecular weight is 358 g/mol. The largest absolute Gasteiger partial charge is 0.374 e. The topological polar surface area (TPSA) is 61.4 Å². The van der Waals surface area contributed by atoms with Crippen molar-refractivity contribution in [2.24, 2.45) is 0 Å². The van der Waals surface area contributed by atoms with E-state index in [1.165, 1.54) is 0 Å². The fraction of sp³-hybridized carbons (Fsp3) is 0.263. The van der Waals surface area contributed by atoms with E-state index < -0.39 is 0 Å². The Hall–Kier alpha value is -2.53. The van der Waals surface area contributed by atoms with Crippen molar-refractivity contribution in [3.05, 3.63) is 53.1 Å². The Morgan fingerprint density at radius 3 is 2.72 bits per heavy atom. The zero-order chi connectivity index (χ0) is 17.8. The molecule has 2 aromatic rings. The lowest BCUT2D eigenvalue weighted by Gasteiger charge is -2.20. The van der Waals surface area contributed by atoms with Crippen molar-refractivity contribution < 1.29 is 9.59 Å². The van der Waals surface area contributed by atoms with E-state index in [0.717, 1.165) is 23.4 Å². The SMILES string of the molecule is Cc1ccc(NC(=O)CNc2ccccc2N2CCCC2=O)c(Cl)c1. The van der Waals surface area contributed by atoms with Crippen LogP contribution in [0.1, 0.15) is 18.4 Å². The lowest BCUT2D eigenvalue weighted by Crippen LogP contribution is -2.26. The molecule has 1 aliphatic rings. The minimum atomic E-state index is -0.201. The molecular formula is C19H20ClN3O2. The highest BCUT2D eigenvalue weighted by molar-refractivity contribution is 6.33. The summed E-state index contributed by atoms with van der Waals surface area (Å²) in [7, 11) is 0. The molecule has 0 unspecified atom stereocenters. The van der Waals surface area contributed by atoms with Gasteiger partial charge in [0, 0.05) is 13.0 Å². The number of carbonyl (C=O) groups is 2. The predicted molar refractivity (Wildman–Crippen MR) is 101 cm³/mol. The van der Waals surface area contributed by atoms with Gasteiger partial charge in [-0.2, -0.15) is 0 Å². The van der Waals surface area contributed by atoms with Gasteiger partial charge in [-0.25, -0.2) is 0 Å². The van der Waals surface area contributed by atoms with Gasteiger partial charge in [-0.3, -0.25) is 9.59 Å². The van der Waals surface area contributed by atoms with Crippen LogP contribution in [0.4, 0.5) is 17.1 Å². The van der Waals surface area contributed by atoms with Crippen LogP contribution in [0.25, 0.3) is 0 Å². The number of anilines is 3. The number of carbonyl (C=O) groups excluding carboxylic acids is 2. The maximum absolute atomic E-state index is 12.2. The number of aryl methyl sites for hydroxylation is 1. The highest BCUT2D eigenvalue weighted by atomic mass is 35.5. The first-order chi connectivity index (χ1) is 12.0. The molecule has 2 N–H and O–H groups in total. The molecule has 0 bridgehead atoms. The molecule has 130 valence electrons. The molecule has 6 heteroatoms. The van der Waals surface area contributed by atoms with Gasteiger partial charge in [0.1, 0.15) is 0 Å². The summed E-state index contributed by atoms with van der Waals surface area (Å²) in [4.78, 5) is 25.9. The first-order valence-corrected chi connectivity index (χ1v) is 8.61. The number of nitrogens with one attached hydrogen (secondary N) is 2. The van der Waals surface area contributed by atoms with E-state index in [0.29, 0.717) is 23.7 Å². The maximum atomic E-state index is 12.2. The van der Waals surface area contributed by atoms with Gasteiger partial charge >= 0.3 is 0 Å². The number of amides is 2. The van der Waals surface area contributed by atoms with Crippen LogP contribution in [0.15, 0.2) is 42.5 Å². The Balaban J connectivity index is 1.65. The predicted octanol–water partition coefficient (Wildman–Crippen LogP) is 3.83. The van der Waals surface area contributed by atoms with Crippen molar-refractivity contribution >= 4 is 40.5 Å². The zero-order valence-corrected chi connectivity index (χ0v) is 14.8. The van der Waals surface area contributed by atoms with E-state index in [-0.39, 0.29) is 18.4 Å². The van der Waals surface area contributed by atoms with E-state index in [1.807, 2.05) is 37.3 Å². The van der Waals surface area contributed by atoms with Crippen molar-refractivity contribution in [1.82, 2.24) is 0 Å². The number of hydrogen-bond donors (Lipinski definition) is 2. The van der Waals surface area contributed by atoms with E-state index in [2.05, 4.69) is 10.6 Å². The van der Waals surface area contributed by atoms with E-state index in [1.54, 1.807) is 17.0 Å². The molecule has 2 aromatic carbocycles. The summed E-state index contributed by atoms with van der Waals surface area (Å²) in [5.74, 6) is -0.0848. The van der Waals surface area contributed by atoms with Gasteiger partial charge < -0.3 is 15.5 Å². The van der Waals surface area contributed by atoms with E-state index in [4.69, 9.17) is 11.6 Å². The highest BCUT2D eigenvalue weighted by Gasteiger charge is 2.23. The van der Waals surface area contributed by atoms with Crippen molar-refractivity contribution in [2.45, 2.75) is 19.8 Å². The van der Waals surface area contributed by atoms with Crippen LogP contribution >= 0.6 is 11.6 Å². The van der Waals surface area contributed by atoms with E-state index >= 15 is 0 Å². The number of benzene rings is 2. The maximum Gasteiger partial charge on any atom is 0.243 e. The second kappa shape index (κ2) is 7.57. The van der Waals surface area contributed by atoms with Crippen LogP contribution in [0.2, 0.25) is 5.02 Å². The molecule has 2 amide bonds. The molecule has 1 aliphatic heterocycles. The fourth-order valence-electron chi connectivity index (χ4n) is 2.85. The second-order valence-electron chi connectivity index (χ2n) is 6.05. The molecule has 0 radical (unpaired) electrons. The first-order valence-electron chi connectivity index (χ1n) is 8.24. The molecule has 0 spiro atoms. The molecule has 0 aliphatic carbocycles. The Kier molecular flexibility index (Phi) is 5.24. The summed E-state index contributed by atoms with van der Waals surface area (Å²) in [6.45, 7) is 2.74. The molecule has 5 nitrogen and oxygen atoms in total. The Bertz CT molecular complexity index is 807. The Labute approximate surface area is 152 Å². The van der Waals surface area contributed by atoms with Gasteiger partial charge in [0.05, 0.1) is 28.6 Å². The van der Waals surface area contributed by atoms with Crippen molar-refractivity contribution in [1.29, 1.82) is 0 Å². The molecule has 0 saturated carbocycles. The third kappa shape index (κ3) is 4.12. The molecule has 25 heavy (non-hydrogen) atoms. The smallest absolute Gasteiger partial charge is 0.243 e. The van der Waals surface area contributed by atoms with E-state index in [9.17, 15) is 9.59 Å². The third-order valence-electron chi connectivity index (χ3n) is 4.11. The van der Waals surface area contributed by atoms with Crippen molar-refractivity contribution in [2.75, 3.05) is 28.6 Å². The van der Waals surface area contributed by atoms with Gasteiger partial charge in [-0.1, -0.05) is 29.8 Å². The van der Waals surface area contributed by atoms with Gasteiger partial charge in [-0.05, 0) is 43.2 Å². The summed E-state index contributed by atoms with van der Waals surface area (Å²) in [5, 5.41) is 6.41. The second-order valence-corrected chi connectivity index (χ2v) is 6.46. The quantitative estimate of drug-likeness (QED) is 0.855. The van der Waals surface area contributed by atoms with Crippen LogP contribution in [0, 0.1) is 6.92 Å². The molecule has 1 fully saturated rings. The molecule has 3 rings (SSSR count). The Morgan fingerprint density at radius 1 is 1.20 bits per heavy atom. The number of hydrogen-bond acceptors (Lipinski definition) is 3. The third-order valence-corrected chi connectivity index (χ3v) is 4.42. The molecule has 0 aromatic heterocycles. The molecule has 1 heterocycles. The van der Waals surface area contributed by atoms with Crippen LogP contribution < -0.4 is 15.5 Å². The molecule has 1 saturated heterocycles. The van der Waals surface area contributed by atoms with Gasteiger partial charge in [0.15, 0.2) is 0 Å². The first kappa shape index (κ1) is 17.3. The summed E-state index contributed by atoms with van der Waals surface area (Å²) in [6, 6.07) is 13.0. The van der Waals surface area contributed by atoms with Gasteiger partial charge in [0.25, 0.3) is 0 Å². The van der Waals surface area contributed by atoms with Crippen molar-refractivity contribution in [3.63, 3.8) is 0 Å².